The van der Waals surface area contributed by atoms with E-state index in [1.165, 1.54) is 30.6 Å². The lowest BCUT2D eigenvalue weighted by atomic mass is 9.99. The van der Waals surface area contributed by atoms with Crippen LogP contribution in [0.25, 0.3) is 0 Å². The number of hydrogen-bond acceptors (Lipinski definition) is 3. The molecule has 3 heteroatoms. The van der Waals surface area contributed by atoms with Crippen molar-refractivity contribution < 1.29 is 0 Å². The standard InChI is InChI=1S/C13H21N3/c1-10-11(2)15-7-5-13(10)16-9-12-4-3-6-14-8-12/h5,7,12,14H,3-4,6,8-9H2,1-2H3,(H,15,16). The molecule has 1 fully saturated rings. The van der Waals surface area contributed by atoms with Gasteiger partial charge in [-0.1, -0.05) is 0 Å². The molecule has 1 aliphatic heterocycles. The molecule has 0 aliphatic carbocycles. The molecule has 0 radical (unpaired) electrons. The van der Waals surface area contributed by atoms with E-state index in [1.807, 2.05) is 6.20 Å². The van der Waals surface area contributed by atoms with E-state index in [0.717, 1.165) is 24.7 Å². The lowest BCUT2D eigenvalue weighted by molar-refractivity contribution is 0.393. The van der Waals surface area contributed by atoms with Gasteiger partial charge in [-0.05, 0) is 57.3 Å². The monoisotopic (exact) mass is 219 g/mol. The average molecular weight is 219 g/mol. The van der Waals surface area contributed by atoms with Gasteiger partial charge in [0, 0.05) is 24.1 Å². The summed E-state index contributed by atoms with van der Waals surface area (Å²) < 4.78 is 0. The zero-order valence-corrected chi connectivity index (χ0v) is 10.2. The van der Waals surface area contributed by atoms with Crippen LogP contribution in [-0.2, 0) is 0 Å². The van der Waals surface area contributed by atoms with Crippen molar-refractivity contribution in [3.8, 4) is 0 Å². The minimum Gasteiger partial charge on any atom is -0.384 e. The van der Waals surface area contributed by atoms with Crippen molar-refractivity contribution >= 4 is 5.69 Å². The van der Waals surface area contributed by atoms with E-state index in [2.05, 4.69) is 35.5 Å². The molecule has 0 bridgehead atoms. The van der Waals surface area contributed by atoms with Gasteiger partial charge in [-0.3, -0.25) is 4.98 Å². The summed E-state index contributed by atoms with van der Waals surface area (Å²) in [6, 6.07) is 2.07. The Labute approximate surface area is 97.7 Å². The SMILES string of the molecule is Cc1nccc(NCC2CCCNC2)c1C. The fourth-order valence-electron chi connectivity index (χ4n) is 2.18. The molecule has 1 saturated heterocycles. The quantitative estimate of drug-likeness (QED) is 0.817. The van der Waals surface area contributed by atoms with Gasteiger partial charge in [0.1, 0.15) is 0 Å². The topological polar surface area (TPSA) is 37.0 Å². The number of anilines is 1. The summed E-state index contributed by atoms with van der Waals surface area (Å²) in [7, 11) is 0. The van der Waals surface area contributed by atoms with Gasteiger partial charge in [-0.15, -0.1) is 0 Å². The molecule has 1 aromatic rings. The van der Waals surface area contributed by atoms with Gasteiger partial charge in [-0.2, -0.15) is 0 Å². The second-order valence-corrected chi connectivity index (χ2v) is 4.66. The van der Waals surface area contributed by atoms with Crippen molar-refractivity contribution in [2.45, 2.75) is 26.7 Å². The zero-order chi connectivity index (χ0) is 11.4. The van der Waals surface area contributed by atoms with Gasteiger partial charge < -0.3 is 10.6 Å². The minimum atomic E-state index is 0.765. The molecule has 0 amide bonds. The maximum Gasteiger partial charge on any atom is 0.0422 e. The molecule has 3 nitrogen and oxygen atoms in total. The number of hydrogen-bond donors (Lipinski definition) is 2. The molecule has 1 aliphatic rings. The third-order valence-corrected chi connectivity index (χ3v) is 3.44. The first-order valence-electron chi connectivity index (χ1n) is 6.14. The number of nitrogens with one attached hydrogen (secondary N) is 2. The number of pyridine rings is 1. The van der Waals surface area contributed by atoms with E-state index in [-0.39, 0.29) is 0 Å². The van der Waals surface area contributed by atoms with Gasteiger partial charge in [0.15, 0.2) is 0 Å². The molecule has 1 aromatic heterocycles. The van der Waals surface area contributed by atoms with Gasteiger partial charge in [0.05, 0.1) is 0 Å². The van der Waals surface area contributed by atoms with Crippen LogP contribution in [-0.4, -0.2) is 24.6 Å². The molecular weight excluding hydrogens is 198 g/mol. The first-order chi connectivity index (χ1) is 7.77. The molecule has 0 saturated carbocycles. The summed E-state index contributed by atoms with van der Waals surface area (Å²) in [6.07, 6.45) is 4.52. The van der Waals surface area contributed by atoms with Crippen molar-refractivity contribution in [3.05, 3.63) is 23.5 Å². The second-order valence-electron chi connectivity index (χ2n) is 4.66. The minimum absolute atomic E-state index is 0.765. The Morgan fingerprint density at radius 3 is 3.12 bits per heavy atom. The van der Waals surface area contributed by atoms with Gasteiger partial charge in [0.2, 0.25) is 0 Å². The molecule has 2 heterocycles. The third kappa shape index (κ3) is 2.73. The first kappa shape index (κ1) is 11.4. The van der Waals surface area contributed by atoms with Crippen LogP contribution in [0.2, 0.25) is 0 Å². The van der Waals surface area contributed by atoms with Crippen LogP contribution in [0.4, 0.5) is 5.69 Å². The van der Waals surface area contributed by atoms with Crippen molar-refractivity contribution in [1.82, 2.24) is 10.3 Å². The molecule has 0 aromatic carbocycles. The molecule has 2 rings (SSSR count). The summed E-state index contributed by atoms with van der Waals surface area (Å²) in [6.45, 7) is 7.59. The van der Waals surface area contributed by atoms with Crippen LogP contribution in [0.15, 0.2) is 12.3 Å². The second kappa shape index (κ2) is 5.30. The van der Waals surface area contributed by atoms with Crippen molar-refractivity contribution in [3.63, 3.8) is 0 Å². The van der Waals surface area contributed by atoms with Crippen LogP contribution < -0.4 is 10.6 Å². The summed E-state index contributed by atoms with van der Waals surface area (Å²) >= 11 is 0. The Morgan fingerprint density at radius 2 is 2.38 bits per heavy atom. The van der Waals surface area contributed by atoms with Crippen LogP contribution >= 0.6 is 0 Å². The summed E-state index contributed by atoms with van der Waals surface area (Å²) in [5.41, 5.74) is 3.62. The van der Waals surface area contributed by atoms with Gasteiger partial charge in [-0.25, -0.2) is 0 Å². The highest BCUT2D eigenvalue weighted by Crippen LogP contribution is 2.17. The van der Waals surface area contributed by atoms with Gasteiger partial charge in [0.25, 0.3) is 0 Å². The highest BCUT2D eigenvalue weighted by molar-refractivity contribution is 5.51. The average Bonchev–Trinajstić information content (AvgIpc) is 2.32. The summed E-state index contributed by atoms with van der Waals surface area (Å²) in [4.78, 5) is 4.28. The lowest BCUT2D eigenvalue weighted by Gasteiger charge is -2.23. The molecule has 1 unspecified atom stereocenters. The number of piperidine rings is 1. The number of nitrogens with zero attached hydrogens (tertiary/aromatic N) is 1. The highest BCUT2D eigenvalue weighted by Gasteiger charge is 2.12. The fraction of sp³-hybridized carbons (Fsp3) is 0.615. The maximum atomic E-state index is 4.28. The molecule has 1 atom stereocenters. The third-order valence-electron chi connectivity index (χ3n) is 3.44. The van der Waals surface area contributed by atoms with E-state index in [0.29, 0.717) is 0 Å². The zero-order valence-electron chi connectivity index (χ0n) is 10.2. The Morgan fingerprint density at radius 1 is 1.50 bits per heavy atom. The van der Waals surface area contributed by atoms with Crippen molar-refractivity contribution in [1.29, 1.82) is 0 Å². The summed E-state index contributed by atoms with van der Waals surface area (Å²) in [5.74, 6) is 0.765. The van der Waals surface area contributed by atoms with Crippen LogP contribution in [0.5, 0.6) is 0 Å². The van der Waals surface area contributed by atoms with E-state index in [1.54, 1.807) is 0 Å². The van der Waals surface area contributed by atoms with Crippen LogP contribution in [0.3, 0.4) is 0 Å². The number of aromatic nitrogens is 1. The maximum absolute atomic E-state index is 4.28. The normalized spacial score (nSPS) is 20.8. The van der Waals surface area contributed by atoms with E-state index >= 15 is 0 Å². The predicted octanol–water partition coefficient (Wildman–Crippen LogP) is 2.11. The van der Waals surface area contributed by atoms with Crippen molar-refractivity contribution in [2.24, 2.45) is 5.92 Å². The van der Waals surface area contributed by atoms with Gasteiger partial charge >= 0.3 is 0 Å². The summed E-state index contributed by atoms with van der Waals surface area (Å²) in [5, 5.41) is 6.99. The Kier molecular flexibility index (Phi) is 3.78. The highest BCUT2D eigenvalue weighted by atomic mass is 14.9. The molecule has 2 N–H and O–H groups in total. The smallest absolute Gasteiger partial charge is 0.0422 e. The Balaban J connectivity index is 1.91. The molecular formula is C13H21N3. The largest absolute Gasteiger partial charge is 0.384 e. The van der Waals surface area contributed by atoms with Crippen molar-refractivity contribution in [2.75, 3.05) is 25.0 Å². The van der Waals surface area contributed by atoms with E-state index in [4.69, 9.17) is 0 Å². The van der Waals surface area contributed by atoms with Crippen LogP contribution in [0, 0.1) is 19.8 Å². The van der Waals surface area contributed by atoms with E-state index < -0.39 is 0 Å². The molecule has 16 heavy (non-hydrogen) atoms. The fourth-order valence-corrected chi connectivity index (χ4v) is 2.18. The first-order valence-corrected chi connectivity index (χ1v) is 6.14. The molecule has 0 spiro atoms. The van der Waals surface area contributed by atoms with Crippen LogP contribution in [0.1, 0.15) is 24.1 Å². The Bertz CT molecular complexity index is 343. The number of rotatable bonds is 3. The number of aryl methyl sites for hydroxylation is 1. The molecule has 88 valence electrons. The predicted molar refractivity (Wildman–Crippen MR) is 67.8 cm³/mol. The van der Waals surface area contributed by atoms with E-state index in [9.17, 15) is 0 Å². The lowest BCUT2D eigenvalue weighted by Crippen LogP contribution is -2.33. The Hall–Kier alpha value is -1.09.